The van der Waals surface area contributed by atoms with Crippen LogP contribution in [0.3, 0.4) is 0 Å². The highest BCUT2D eigenvalue weighted by Gasteiger charge is 2.31. The summed E-state index contributed by atoms with van der Waals surface area (Å²) in [5.74, 6) is -1.08. The van der Waals surface area contributed by atoms with E-state index in [1.165, 1.54) is 29.2 Å². The summed E-state index contributed by atoms with van der Waals surface area (Å²) in [6, 6.07) is 11.0. The molecule has 0 saturated heterocycles. The Morgan fingerprint density at radius 3 is 2.24 bits per heavy atom. The predicted octanol–water partition coefficient (Wildman–Crippen LogP) is 2.93. The minimum Gasteiger partial charge on any atom is -0.492 e. The van der Waals surface area contributed by atoms with E-state index in [0.29, 0.717) is 17.9 Å². The van der Waals surface area contributed by atoms with Gasteiger partial charge in [0.05, 0.1) is 18.6 Å². The van der Waals surface area contributed by atoms with Gasteiger partial charge in [-0.25, -0.2) is 12.8 Å². The highest BCUT2D eigenvalue weighted by Crippen LogP contribution is 2.30. The lowest BCUT2D eigenvalue weighted by atomic mass is 10.1. The average molecular weight is 494 g/mol. The molecule has 8 nitrogen and oxygen atoms in total. The molecule has 10 heteroatoms. The van der Waals surface area contributed by atoms with Gasteiger partial charge in [-0.1, -0.05) is 24.3 Å². The first-order chi connectivity index (χ1) is 15.9. The van der Waals surface area contributed by atoms with Crippen LogP contribution in [0.5, 0.6) is 5.75 Å². The number of para-hydroxylation sites is 2. The number of carbonyl (C=O) groups excluding carboxylic acids is 2. The summed E-state index contributed by atoms with van der Waals surface area (Å²) < 4.78 is 45.2. The van der Waals surface area contributed by atoms with Crippen LogP contribution in [0.25, 0.3) is 0 Å². The summed E-state index contributed by atoms with van der Waals surface area (Å²) in [5, 5.41) is 2.77. The van der Waals surface area contributed by atoms with Gasteiger partial charge in [0.2, 0.25) is 21.8 Å². The number of carbonyl (C=O) groups is 2. The first-order valence-corrected chi connectivity index (χ1v) is 12.8. The third-order valence-corrected chi connectivity index (χ3v) is 6.10. The Bertz CT molecular complexity index is 1090. The molecule has 1 atom stereocenters. The molecule has 0 fully saturated rings. The zero-order chi connectivity index (χ0) is 25.5. The number of rotatable bonds is 11. The van der Waals surface area contributed by atoms with E-state index in [0.717, 1.165) is 10.6 Å². The number of halogens is 1. The Balaban J connectivity index is 2.42. The monoisotopic (exact) mass is 493 g/mol. The first-order valence-electron chi connectivity index (χ1n) is 11.0. The van der Waals surface area contributed by atoms with E-state index in [1.807, 2.05) is 0 Å². The molecule has 2 rings (SSSR count). The Hall–Kier alpha value is -3.14. The van der Waals surface area contributed by atoms with Crippen LogP contribution in [-0.4, -0.2) is 56.6 Å². The second kappa shape index (κ2) is 11.8. The zero-order valence-corrected chi connectivity index (χ0v) is 20.9. The number of nitrogens with zero attached hydrogens (tertiary/aromatic N) is 2. The molecule has 0 aliphatic rings. The Morgan fingerprint density at radius 2 is 1.68 bits per heavy atom. The number of benzene rings is 2. The molecular weight excluding hydrogens is 461 g/mol. The Kier molecular flexibility index (Phi) is 9.43. The van der Waals surface area contributed by atoms with Crippen molar-refractivity contribution < 1.29 is 27.1 Å². The van der Waals surface area contributed by atoms with Crippen molar-refractivity contribution in [3.63, 3.8) is 0 Å². The maximum atomic E-state index is 13.5. The second-order valence-corrected chi connectivity index (χ2v) is 10.1. The van der Waals surface area contributed by atoms with E-state index in [2.05, 4.69) is 5.32 Å². The second-order valence-electron chi connectivity index (χ2n) is 8.16. The third kappa shape index (κ3) is 7.44. The lowest BCUT2D eigenvalue weighted by Gasteiger charge is -2.32. The van der Waals surface area contributed by atoms with Gasteiger partial charge in [-0.2, -0.15) is 0 Å². The highest BCUT2D eigenvalue weighted by molar-refractivity contribution is 7.92. The van der Waals surface area contributed by atoms with Gasteiger partial charge in [0, 0.05) is 12.6 Å². The summed E-state index contributed by atoms with van der Waals surface area (Å²) in [5.41, 5.74) is 0.820. The van der Waals surface area contributed by atoms with Crippen molar-refractivity contribution in [3.05, 3.63) is 59.9 Å². The van der Waals surface area contributed by atoms with E-state index in [4.69, 9.17) is 4.74 Å². The molecule has 34 heavy (non-hydrogen) atoms. The summed E-state index contributed by atoms with van der Waals surface area (Å²) in [6.07, 6.45) is 1.00. The highest BCUT2D eigenvalue weighted by atomic mass is 32.2. The largest absolute Gasteiger partial charge is 0.492 e. The lowest BCUT2D eigenvalue weighted by Crippen LogP contribution is -2.52. The van der Waals surface area contributed by atoms with Crippen molar-refractivity contribution in [1.29, 1.82) is 0 Å². The van der Waals surface area contributed by atoms with Gasteiger partial charge < -0.3 is 15.0 Å². The van der Waals surface area contributed by atoms with Crippen LogP contribution in [0.2, 0.25) is 0 Å². The minimum absolute atomic E-state index is 0.00347. The van der Waals surface area contributed by atoms with Crippen LogP contribution in [-0.2, 0) is 26.2 Å². The van der Waals surface area contributed by atoms with Crippen molar-refractivity contribution in [3.8, 4) is 5.75 Å². The molecule has 0 saturated carbocycles. The van der Waals surface area contributed by atoms with Gasteiger partial charge in [-0.05, 0) is 57.5 Å². The van der Waals surface area contributed by atoms with Gasteiger partial charge in [0.1, 0.15) is 24.2 Å². The SMILES string of the molecule is CCOc1ccccc1N(CC(=O)N(Cc1ccc(F)cc1)[C@@H](C)C(=O)NC(C)C)S(C)(=O)=O. The number of nitrogens with one attached hydrogen (secondary N) is 1. The maximum absolute atomic E-state index is 13.5. The molecule has 2 amide bonds. The topological polar surface area (TPSA) is 96.0 Å². The average Bonchev–Trinajstić information content (AvgIpc) is 2.76. The number of anilines is 1. The first kappa shape index (κ1) is 27.1. The molecule has 0 aromatic heterocycles. The van der Waals surface area contributed by atoms with Crippen molar-refractivity contribution in [1.82, 2.24) is 10.2 Å². The lowest BCUT2D eigenvalue weighted by molar-refractivity contribution is -0.139. The smallest absolute Gasteiger partial charge is 0.244 e. The number of sulfonamides is 1. The zero-order valence-electron chi connectivity index (χ0n) is 20.1. The summed E-state index contributed by atoms with van der Waals surface area (Å²) in [7, 11) is -3.88. The fourth-order valence-corrected chi connectivity index (χ4v) is 4.16. The van der Waals surface area contributed by atoms with Crippen LogP contribution in [0.4, 0.5) is 10.1 Å². The quantitative estimate of drug-likeness (QED) is 0.519. The number of hydrogen-bond acceptors (Lipinski definition) is 5. The van der Waals surface area contributed by atoms with Crippen LogP contribution in [0.1, 0.15) is 33.3 Å². The van der Waals surface area contributed by atoms with Crippen molar-refractivity contribution in [2.45, 2.75) is 46.3 Å². The fraction of sp³-hybridized carbons (Fsp3) is 0.417. The molecule has 0 bridgehead atoms. The Morgan fingerprint density at radius 1 is 1.06 bits per heavy atom. The van der Waals surface area contributed by atoms with Gasteiger partial charge in [0.15, 0.2) is 0 Å². The standard InChI is InChI=1S/C24H32FN3O5S/c1-6-33-22-10-8-7-9-21(22)28(34(5,31)32)16-23(29)27(18(4)24(30)26-17(2)3)15-19-11-13-20(25)14-12-19/h7-14,17-18H,6,15-16H2,1-5H3,(H,26,30)/t18-/m0/s1. The molecule has 0 aliphatic carbocycles. The van der Waals surface area contributed by atoms with Crippen molar-refractivity contribution in [2.75, 3.05) is 23.7 Å². The summed E-state index contributed by atoms with van der Waals surface area (Å²) in [4.78, 5) is 27.5. The number of hydrogen-bond donors (Lipinski definition) is 1. The predicted molar refractivity (Wildman–Crippen MR) is 129 cm³/mol. The van der Waals surface area contributed by atoms with E-state index >= 15 is 0 Å². The summed E-state index contributed by atoms with van der Waals surface area (Å²) >= 11 is 0. The third-order valence-electron chi connectivity index (χ3n) is 4.98. The van der Waals surface area contributed by atoms with Crippen LogP contribution >= 0.6 is 0 Å². The van der Waals surface area contributed by atoms with E-state index in [1.54, 1.807) is 52.0 Å². The molecule has 0 radical (unpaired) electrons. The molecule has 0 spiro atoms. The summed E-state index contributed by atoms with van der Waals surface area (Å²) in [6.45, 7) is 6.70. The molecule has 1 N–H and O–H groups in total. The van der Waals surface area contributed by atoms with Gasteiger partial charge >= 0.3 is 0 Å². The normalized spacial score (nSPS) is 12.2. The molecule has 186 valence electrons. The van der Waals surface area contributed by atoms with Crippen LogP contribution < -0.4 is 14.4 Å². The molecule has 0 unspecified atom stereocenters. The van der Waals surface area contributed by atoms with Crippen molar-refractivity contribution >= 4 is 27.5 Å². The van der Waals surface area contributed by atoms with E-state index in [9.17, 15) is 22.4 Å². The molecule has 2 aromatic carbocycles. The Labute approximate surface area is 200 Å². The van der Waals surface area contributed by atoms with E-state index < -0.39 is 34.3 Å². The fourth-order valence-electron chi connectivity index (χ4n) is 3.31. The van der Waals surface area contributed by atoms with E-state index in [-0.39, 0.29) is 24.2 Å². The number of ether oxygens (including phenoxy) is 1. The minimum atomic E-state index is -3.88. The van der Waals surface area contributed by atoms with Crippen LogP contribution in [0, 0.1) is 5.82 Å². The van der Waals surface area contributed by atoms with Gasteiger partial charge in [-0.3, -0.25) is 13.9 Å². The maximum Gasteiger partial charge on any atom is 0.244 e. The molecular formula is C24H32FN3O5S. The van der Waals surface area contributed by atoms with Gasteiger partial charge in [-0.15, -0.1) is 0 Å². The van der Waals surface area contributed by atoms with Gasteiger partial charge in [0.25, 0.3) is 0 Å². The molecule has 0 heterocycles. The molecule has 0 aliphatic heterocycles. The molecule has 2 aromatic rings. The van der Waals surface area contributed by atoms with Crippen molar-refractivity contribution in [2.24, 2.45) is 0 Å². The van der Waals surface area contributed by atoms with Crippen LogP contribution in [0.15, 0.2) is 48.5 Å². The number of amides is 2.